The highest BCUT2D eigenvalue weighted by Gasteiger charge is 2.28. The van der Waals surface area contributed by atoms with Crippen LogP contribution in [0.25, 0.3) is 6.08 Å². The van der Waals surface area contributed by atoms with E-state index in [1.807, 2.05) is 25.2 Å². The van der Waals surface area contributed by atoms with E-state index < -0.39 is 5.97 Å². The Bertz CT molecular complexity index is 876. The molecule has 26 heavy (non-hydrogen) atoms. The van der Waals surface area contributed by atoms with E-state index in [9.17, 15) is 9.59 Å². The van der Waals surface area contributed by atoms with Crippen LogP contribution in [0, 0.1) is 0 Å². The predicted octanol–water partition coefficient (Wildman–Crippen LogP) is 3.83. The largest absolute Gasteiger partial charge is 0.465 e. The van der Waals surface area contributed by atoms with E-state index in [0.29, 0.717) is 15.6 Å². The first-order chi connectivity index (χ1) is 12.5. The average Bonchev–Trinajstić information content (AvgIpc) is 2.97. The SMILES string of the molecule is COC(=O)c1c(NC(=O)/C=C\c2ccccc2Cl)sc2c1CCN(C)C2. The van der Waals surface area contributed by atoms with Gasteiger partial charge < -0.3 is 15.0 Å². The van der Waals surface area contributed by atoms with Crippen LogP contribution in [-0.2, 0) is 22.5 Å². The summed E-state index contributed by atoms with van der Waals surface area (Å²) in [6, 6.07) is 7.27. The molecule has 3 rings (SSSR count). The van der Waals surface area contributed by atoms with E-state index >= 15 is 0 Å². The number of carbonyl (C=O) groups is 2. The molecule has 136 valence electrons. The molecule has 0 radical (unpaired) electrons. The second kappa shape index (κ2) is 8.03. The molecule has 0 atom stereocenters. The monoisotopic (exact) mass is 390 g/mol. The van der Waals surface area contributed by atoms with Gasteiger partial charge in [-0.25, -0.2) is 4.79 Å². The van der Waals surface area contributed by atoms with E-state index in [1.165, 1.54) is 24.5 Å². The van der Waals surface area contributed by atoms with Crippen LogP contribution in [0.15, 0.2) is 30.3 Å². The minimum absolute atomic E-state index is 0.318. The van der Waals surface area contributed by atoms with E-state index in [-0.39, 0.29) is 5.91 Å². The quantitative estimate of drug-likeness (QED) is 0.636. The molecule has 1 aromatic carbocycles. The standard InChI is InChI=1S/C19H19ClN2O3S/c1-22-10-9-13-15(11-22)26-18(17(13)19(24)25-2)21-16(23)8-7-12-5-3-4-6-14(12)20/h3-8H,9-11H2,1-2H3,(H,21,23)/b8-7-. The van der Waals surface area contributed by atoms with Crippen LogP contribution in [-0.4, -0.2) is 37.5 Å². The van der Waals surface area contributed by atoms with E-state index in [2.05, 4.69) is 10.2 Å². The molecule has 0 fully saturated rings. The molecule has 0 saturated carbocycles. The number of fused-ring (bicyclic) bond motifs is 1. The third-order valence-electron chi connectivity index (χ3n) is 4.19. The lowest BCUT2D eigenvalue weighted by Crippen LogP contribution is -2.26. The van der Waals surface area contributed by atoms with Crippen molar-refractivity contribution in [3.8, 4) is 0 Å². The van der Waals surface area contributed by atoms with Gasteiger partial charge in [-0.3, -0.25) is 4.79 Å². The van der Waals surface area contributed by atoms with E-state index in [0.717, 1.165) is 35.5 Å². The maximum Gasteiger partial charge on any atom is 0.341 e. The third-order valence-corrected chi connectivity index (χ3v) is 5.67. The van der Waals surface area contributed by atoms with Gasteiger partial charge in [0.15, 0.2) is 0 Å². The highest BCUT2D eigenvalue weighted by molar-refractivity contribution is 7.17. The molecule has 0 saturated heterocycles. The Morgan fingerprint density at radius 3 is 2.85 bits per heavy atom. The number of halogens is 1. The number of benzene rings is 1. The van der Waals surface area contributed by atoms with Crippen LogP contribution in [0.1, 0.15) is 26.4 Å². The highest BCUT2D eigenvalue weighted by atomic mass is 35.5. The minimum Gasteiger partial charge on any atom is -0.465 e. The number of hydrogen-bond acceptors (Lipinski definition) is 5. The van der Waals surface area contributed by atoms with Crippen molar-refractivity contribution < 1.29 is 14.3 Å². The molecule has 1 aromatic heterocycles. The Morgan fingerprint density at radius 2 is 2.12 bits per heavy atom. The number of likely N-dealkylation sites (N-methyl/N-ethyl adjacent to an activating group) is 1. The number of carbonyl (C=O) groups excluding carboxylic acids is 2. The minimum atomic E-state index is -0.419. The average molecular weight is 391 g/mol. The lowest BCUT2D eigenvalue weighted by molar-refractivity contribution is -0.111. The fraction of sp³-hybridized carbons (Fsp3) is 0.263. The molecule has 0 aliphatic carbocycles. The smallest absolute Gasteiger partial charge is 0.341 e. The van der Waals surface area contributed by atoms with Gasteiger partial charge in [-0.05, 0) is 36.7 Å². The van der Waals surface area contributed by atoms with Crippen LogP contribution >= 0.6 is 22.9 Å². The summed E-state index contributed by atoms with van der Waals surface area (Å²) < 4.78 is 4.92. The number of nitrogens with zero attached hydrogens (tertiary/aromatic N) is 1. The van der Waals surface area contributed by atoms with Gasteiger partial charge >= 0.3 is 5.97 Å². The van der Waals surface area contributed by atoms with Gasteiger partial charge in [0.05, 0.1) is 12.7 Å². The van der Waals surface area contributed by atoms with Gasteiger partial charge in [-0.1, -0.05) is 29.8 Å². The number of methoxy groups -OCH3 is 1. The molecular formula is C19H19ClN2O3S. The molecular weight excluding hydrogens is 372 g/mol. The summed E-state index contributed by atoms with van der Waals surface area (Å²) >= 11 is 7.52. The third kappa shape index (κ3) is 3.98. The molecule has 7 heteroatoms. The van der Waals surface area contributed by atoms with Crippen LogP contribution < -0.4 is 5.32 Å². The lowest BCUT2D eigenvalue weighted by Gasteiger charge is -2.22. The summed E-state index contributed by atoms with van der Waals surface area (Å²) in [5.41, 5.74) is 2.20. The number of esters is 1. The summed E-state index contributed by atoms with van der Waals surface area (Å²) in [5.74, 6) is -0.737. The second-order valence-electron chi connectivity index (χ2n) is 6.03. The zero-order valence-corrected chi connectivity index (χ0v) is 16.1. The number of thiophene rings is 1. The first-order valence-electron chi connectivity index (χ1n) is 8.14. The van der Waals surface area contributed by atoms with Gasteiger partial charge in [0.2, 0.25) is 5.91 Å². The van der Waals surface area contributed by atoms with Crippen molar-refractivity contribution >= 4 is 45.9 Å². The van der Waals surface area contributed by atoms with Crippen molar-refractivity contribution in [2.75, 3.05) is 26.0 Å². The van der Waals surface area contributed by atoms with Crippen LogP contribution in [0.5, 0.6) is 0 Å². The zero-order chi connectivity index (χ0) is 18.7. The Labute approximate surface area is 161 Å². The Hall–Kier alpha value is -2.15. The molecule has 1 amide bonds. The summed E-state index contributed by atoms with van der Waals surface area (Å²) in [6.07, 6.45) is 3.82. The van der Waals surface area contributed by atoms with Gasteiger partial charge in [0.1, 0.15) is 5.00 Å². The molecule has 1 N–H and O–H groups in total. The summed E-state index contributed by atoms with van der Waals surface area (Å²) in [4.78, 5) is 27.8. The highest BCUT2D eigenvalue weighted by Crippen LogP contribution is 2.37. The molecule has 1 aliphatic rings. The second-order valence-corrected chi connectivity index (χ2v) is 7.54. The zero-order valence-electron chi connectivity index (χ0n) is 14.5. The Balaban J connectivity index is 1.84. The van der Waals surface area contributed by atoms with Crippen molar-refractivity contribution in [1.82, 2.24) is 4.90 Å². The molecule has 5 nitrogen and oxygen atoms in total. The van der Waals surface area contributed by atoms with Crippen molar-refractivity contribution in [3.63, 3.8) is 0 Å². The van der Waals surface area contributed by atoms with Crippen molar-refractivity contribution in [3.05, 3.63) is 56.9 Å². The Kier molecular flexibility index (Phi) is 5.76. The van der Waals surface area contributed by atoms with Gasteiger partial charge in [0.25, 0.3) is 0 Å². The molecule has 2 heterocycles. The first kappa shape index (κ1) is 18.6. The van der Waals surface area contributed by atoms with Crippen molar-refractivity contribution in [2.45, 2.75) is 13.0 Å². The summed E-state index contributed by atoms with van der Waals surface area (Å²) in [5, 5.41) is 3.92. The van der Waals surface area contributed by atoms with Crippen LogP contribution in [0.3, 0.4) is 0 Å². The molecule has 0 unspecified atom stereocenters. The Morgan fingerprint density at radius 1 is 1.35 bits per heavy atom. The molecule has 0 spiro atoms. The maximum atomic E-state index is 12.3. The molecule has 1 aliphatic heterocycles. The fourth-order valence-corrected chi connectivity index (χ4v) is 4.38. The van der Waals surface area contributed by atoms with Gasteiger partial charge in [-0.15, -0.1) is 11.3 Å². The topological polar surface area (TPSA) is 58.6 Å². The molecule has 0 bridgehead atoms. The van der Waals surface area contributed by atoms with Crippen LogP contribution in [0.4, 0.5) is 5.00 Å². The van der Waals surface area contributed by atoms with Crippen molar-refractivity contribution in [1.29, 1.82) is 0 Å². The number of rotatable bonds is 4. The van der Waals surface area contributed by atoms with Gasteiger partial charge in [0, 0.05) is 29.1 Å². The first-order valence-corrected chi connectivity index (χ1v) is 9.34. The number of nitrogens with one attached hydrogen (secondary N) is 1. The number of anilines is 1. The number of amides is 1. The number of hydrogen-bond donors (Lipinski definition) is 1. The summed E-state index contributed by atoms with van der Waals surface area (Å²) in [7, 11) is 3.38. The van der Waals surface area contributed by atoms with E-state index in [1.54, 1.807) is 12.1 Å². The maximum absolute atomic E-state index is 12.3. The molecule has 2 aromatic rings. The lowest BCUT2D eigenvalue weighted by atomic mass is 10.0. The van der Waals surface area contributed by atoms with Crippen LogP contribution in [0.2, 0.25) is 5.02 Å². The fourth-order valence-electron chi connectivity index (χ4n) is 2.87. The van der Waals surface area contributed by atoms with Gasteiger partial charge in [-0.2, -0.15) is 0 Å². The number of ether oxygens (including phenoxy) is 1. The van der Waals surface area contributed by atoms with Crippen molar-refractivity contribution in [2.24, 2.45) is 0 Å². The predicted molar refractivity (Wildman–Crippen MR) is 105 cm³/mol. The van der Waals surface area contributed by atoms with E-state index in [4.69, 9.17) is 16.3 Å². The normalized spacial score (nSPS) is 14.3. The summed E-state index contributed by atoms with van der Waals surface area (Å²) in [6.45, 7) is 1.63.